The molecule has 1 aliphatic heterocycles. The minimum absolute atomic E-state index is 0.0669. The molecule has 1 fully saturated rings. The molecule has 1 aliphatic rings. The molecule has 190 valence electrons. The van der Waals surface area contributed by atoms with Crippen molar-refractivity contribution in [2.75, 3.05) is 19.6 Å². The molecular weight excluding hydrogens is 432 g/mol. The molecular formula is C31H44N2O2. The lowest BCUT2D eigenvalue weighted by molar-refractivity contribution is 0.0546. The Labute approximate surface area is 212 Å². The number of rotatable bonds is 12. The van der Waals surface area contributed by atoms with Crippen LogP contribution in [0.25, 0.3) is 0 Å². The molecule has 0 radical (unpaired) electrons. The highest BCUT2D eigenvalue weighted by Gasteiger charge is 2.29. The van der Waals surface area contributed by atoms with Crippen LogP contribution in [0.5, 0.6) is 0 Å². The Morgan fingerprint density at radius 3 is 2.09 bits per heavy atom. The van der Waals surface area contributed by atoms with Gasteiger partial charge in [-0.1, -0.05) is 70.0 Å². The third kappa shape index (κ3) is 8.31. The van der Waals surface area contributed by atoms with Crippen LogP contribution in [-0.4, -0.2) is 47.2 Å². The monoisotopic (exact) mass is 476 g/mol. The average molecular weight is 477 g/mol. The number of hydrogen-bond donors (Lipinski definition) is 0. The summed E-state index contributed by atoms with van der Waals surface area (Å²) in [6.45, 7) is 12.2. The van der Waals surface area contributed by atoms with Crippen LogP contribution < -0.4 is 0 Å². The molecule has 4 nitrogen and oxygen atoms in total. The molecule has 0 aromatic heterocycles. The zero-order valence-electron chi connectivity index (χ0n) is 22.3. The highest BCUT2D eigenvalue weighted by atomic mass is 16.2. The Balaban J connectivity index is 1.73. The molecule has 1 amide bonds. The number of carbonyl (C=O) groups excluding carboxylic acids is 2. The molecule has 0 atom stereocenters. The van der Waals surface area contributed by atoms with E-state index in [0.29, 0.717) is 18.0 Å². The van der Waals surface area contributed by atoms with Gasteiger partial charge >= 0.3 is 0 Å². The first-order valence-electron chi connectivity index (χ1n) is 13.6. The molecule has 0 saturated carbocycles. The molecule has 35 heavy (non-hydrogen) atoms. The second-order valence-electron chi connectivity index (χ2n) is 10.6. The molecule has 2 aromatic carbocycles. The smallest absolute Gasteiger partial charge is 0.254 e. The quantitative estimate of drug-likeness (QED) is 0.251. The van der Waals surface area contributed by atoms with Crippen molar-refractivity contribution in [1.29, 1.82) is 0 Å². The third-order valence-corrected chi connectivity index (χ3v) is 7.26. The van der Waals surface area contributed by atoms with Gasteiger partial charge in [0.1, 0.15) is 0 Å². The minimum Gasteiger partial charge on any atom is -0.331 e. The number of hydrogen-bond acceptors (Lipinski definition) is 3. The predicted octanol–water partition coefficient (Wildman–Crippen LogP) is 6.77. The van der Waals surface area contributed by atoms with Crippen molar-refractivity contribution in [1.82, 2.24) is 9.80 Å². The number of ketones is 1. The zero-order valence-corrected chi connectivity index (χ0v) is 22.3. The standard InChI is InChI=1S/C31H44N2O2/c1-5-6-7-8-26-9-15-29(16-10-26)31(35)33(23-27-11-13-28(14-12-27)25(4)34)30-18-21-32(22-19-30)20-17-24(2)3/h9-16,24,30H,5-8,17-23H2,1-4H3. The van der Waals surface area contributed by atoms with Crippen LogP contribution in [0.2, 0.25) is 0 Å². The Morgan fingerprint density at radius 1 is 0.914 bits per heavy atom. The van der Waals surface area contributed by atoms with E-state index in [2.05, 4.69) is 42.7 Å². The van der Waals surface area contributed by atoms with Gasteiger partial charge in [0.15, 0.2) is 5.78 Å². The van der Waals surface area contributed by atoms with Gasteiger partial charge in [-0.3, -0.25) is 9.59 Å². The molecule has 1 saturated heterocycles. The van der Waals surface area contributed by atoms with E-state index in [0.717, 1.165) is 50.0 Å². The average Bonchev–Trinajstić information content (AvgIpc) is 2.87. The number of Topliss-reactive ketones (excluding diaryl/α,β-unsaturated/α-hetero) is 1. The van der Waals surface area contributed by atoms with E-state index in [4.69, 9.17) is 0 Å². The molecule has 0 bridgehead atoms. The molecule has 0 aliphatic carbocycles. The number of amides is 1. The van der Waals surface area contributed by atoms with Crippen molar-refractivity contribution < 1.29 is 9.59 Å². The maximum atomic E-state index is 13.8. The van der Waals surface area contributed by atoms with Crippen LogP contribution in [0, 0.1) is 5.92 Å². The van der Waals surface area contributed by atoms with Gasteiger partial charge in [0, 0.05) is 36.8 Å². The number of aryl methyl sites for hydroxylation is 1. The number of unbranched alkanes of at least 4 members (excludes halogenated alkanes) is 2. The number of carbonyl (C=O) groups is 2. The first kappa shape index (κ1) is 27.1. The first-order valence-corrected chi connectivity index (χ1v) is 13.6. The van der Waals surface area contributed by atoms with Gasteiger partial charge in [-0.2, -0.15) is 0 Å². The van der Waals surface area contributed by atoms with E-state index in [1.165, 1.54) is 31.2 Å². The maximum Gasteiger partial charge on any atom is 0.254 e. The zero-order chi connectivity index (χ0) is 25.2. The fourth-order valence-electron chi connectivity index (χ4n) is 4.86. The molecule has 0 N–H and O–H groups in total. The van der Waals surface area contributed by atoms with Crippen molar-refractivity contribution in [2.45, 2.75) is 85.2 Å². The van der Waals surface area contributed by atoms with Crippen molar-refractivity contribution in [3.05, 3.63) is 70.8 Å². The lowest BCUT2D eigenvalue weighted by atomic mass is 9.99. The van der Waals surface area contributed by atoms with Gasteiger partial charge in [-0.15, -0.1) is 0 Å². The predicted molar refractivity (Wildman–Crippen MR) is 145 cm³/mol. The summed E-state index contributed by atoms with van der Waals surface area (Å²) >= 11 is 0. The van der Waals surface area contributed by atoms with E-state index in [9.17, 15) is 9.59 Å². The summed E-state index contributed by atoms with van der Waals surface area (Å²) in [4.78, 5) is 30.1. The lowest BCUT2D eigenvalue weighted by Gasteiger charge is -2.39. The molecule has 0 spiro atoms. The molecule has 3 rings (SSSR count). The summed E-state index contributed by atoms with van der Waals surface area (Å²) in [5, 5.41) is 0. The minimum atomic E-state index is 0.0669. The Bertz CT molecular complexity index is 925. The van der Waals surface area contributed by atoms with Crippen molar-refractivity contribution >= 4 is 11.7 Å². The normalized spacial score (nSPS) is 14.9. The SMILES string of the molecule is CCCCCc1ccc(C(=O)N(Cc2ccc(C(C)=O)cc2)C2CCN(CCC(C)C)CC2)cc1. The van der Waals surface area contributed by atoms with E-state index < -0.39 is 0 Å². The van der Waals surface area contributed by atoms with Crippen LogP contribution >= 0.6 is 0 Å². The number of piperidine rings is 1. The fraction of sp³-hybridized carbons (Fsp3) is 0.548. The van der Waals surface area contributed by atoms with Gasteiger partial charge in [-0.05, 0) is 74.8 Å². The Kier molecular flexibility index (Phi) is 10.5. The van der Waals surface area contributed by atoms with Gasteiger partial charge < -0.3 is 9.80 Å². The van der Waals surface area contributed by atoms with E-state index in [-0.39, 0.29) is 17.7 Å². The van der Waals surface area contributed by atoms with Gasteiger partial charge in [0.25, 0.3) is 5.91 Å². The molecule has 2 aromatic rings. The number of nitrogens with zero attached hydrogens (tertiary/aromatic N) is 2. The third-order valence-electron chi connectivity index (χ3n) is 7.26. The van der Waals surface area contributed by atoms with E-state index >= 15 is 0 Å². The molecule has 1 heterocycles. The second kappa shape index (κ2) is 13.6. The summed E-state index contributed by atoms with van der Waals surface area (Å²) in [5.41, 5.74) is 3.86. The van der Waals surface area contributed by atoms with Crippen molar-refractivity contribution in [3.8, 4) is 0 Å². The van der Waals surface area contributed by atoms with Crippen LogP contribution in [0.1, 0.15) is 98.1 Å². The van der Waals surface area contributed by atoms with Crippen LogP contribution in [0.15, 0.2) is 48.5 Å². The van der Waals surface area contributed by atoms with Gasteiger partial charge in [-0.25, -0.2) is 0 Å². The van der Waals surface area contributed by atoms with Crippen molar-refractivity contribution in [3.63, 3.8) is 0 Å². The largest absolute Gasteiger partial charge is 0.331 e. The summed E-state index contributed by atoms with van der Waals surface area (Å²) < 4.78 is 0. The highest BCUT2D eigenvalue weighted by Crippen LogP contribution is 2.23. The Hall–Kier alpha value is -2.46. The lowest BCUT2D eigenvalue weighted by Crippen LogP contribution is -2.47. The van der Waals surface area contributed by atoms with E-state index in [1.54, 1.807) is 6.92 Å². The second-order valence-corrected chi connectivity index (χ2v) is 10.6. The van der Waals surface area contributed by atoms with E-state index in [1.807, 2.05) is 36.4 Å². The maximum absolute atomic E-state index is 13.8. The summed E-state index contributed by atoms with van der Waals surface area (Å²) in [6, 6.07) is 16.2. The van der Waals surface area contributed by atoms with Crippen LogP contribution in [0.3, 0.4) is 0 Å². The number of benzene rings is 2. The van der Waals surface area contributed by atoms with Gasteiger partial charge in [0.05, 0.1) is 0 Å². The van der Waals surface area contributed by atoms with Crippen LogP contribution in [0.4, 0.5) is 0 Å². The summed E-state index contributed by atoms with van der Waals surface area (Å²) in [6.07, 6.45) is 7.96. The van der Waals surface area contributed by atoms with Gasteiger partial charge in [0.2, 0.25) is 0 Å². The van der Waals surface area contributed by atoms with Crippen molar-refractivity contribution in [2.24, 2.45) is 5.92 Å². The first-order chi connectivity index (χ1) is 16.9. The Morgan fingerprint density at radius 2 is 1.51 bits per heavy atom. The topological polar surface area (TPSA) is 40.6 Å². The molecule has 0 unspecified atom stereocenters. The number of likely N-dealkylation sites (tertiary alicyclic amines) is 1. The fourth-order valence-corrected chi connectivity index (χ4v) is 4.86. The summed E-state index contributed by atoms with van der Waals surface area (Å²) in [5.74, 6) is 0.896. The van der Waals surface area contributed by atoms with Crippen LogP contribution in [-0.2, 0) is 13.0 Å². The molecule has 4 heteroatoms. The highest BCUT2D eigenvalue weighted by molar-refractivity contribution is 5.95. The summed E-state index contributed by atoms with van der Waals surface area (Å²) in [7, 11) is 0.